The van der Waals surface area contributed by atoms with Crippen LogP contribution in [0.1, 0.15) is 12.8 Å². The Morgan fingerprint density at radius 3 is 2.95 bits per heavy atom. The largest absolute Gasteiger partial charge is 0.507 e. The van der Waals surface area contributed by atoms with Crippen molar-refractivity contribution in [3.63, 3.8) is 0 Å². The van der Waals surface area contributed by atoms with Crippen LogP contribution in [0.5, 0.6) is 5.75 Å². The first-order valence-electron chi connectivity index (χ1n) is 6.70. The maximum absolute atomic E-state index is 9.96. The highest BCUT2D eigenvalue weighted by Gasteiger charge is 2.19. The molecule has 0 atom stereocenters. The number of aromatic hydroxyl groups is 1. The van der Waals surface area contributed by atoms with Gasteiger partial charge in [-0.1, -0.05) is 11.6 Å². The molecule has 0 saturated carbocycles. The molecule has 0 spiro atoms. The first-order valence-corrected chi connectivity index (χ1v) is 7.07. The van der Waals surface area contributed by atoms with Crippen molar-refractivity contribution in [2.24, 2.45) is 5.92 Å². The van der Waals surface area contributed by atoms with Crippen molar-refractivity contribution in [2.75, 3.05) is 13.1 Å². The molecule has 1 saturated heterocycles. The highest BCUT2D eigenvalue weighted by molar-refractivity contribution is 6.30. The minimum Gasteiger partial charge on any atom is -0.507 e. The van der Waals surface area contributed by atoms with E-state index in [-0.39, 0.29) is 5.75 Å². The van der Waals surface area contributed by atoms with Crippen molar-refractivity contribution < 1.29 is 5.11 Å². The fourth-order valence-corrected chi connectivity index (χ4v) is 2.69. The molecule has 20 heavy (non-hydrogen) atoms. The number of phenols is 1. The van der Waals surface area contributed by atoms with E-state index in [1.54, 1.807) is 22.9 Å². The summed E-state index contributed by atoms with van der Waals surface area (Å²) < 4.78 is 1.75. The van der Waals surface area contributed by atoms with E-state index in [0.717, 1.165) is 32.5 Å². The number of rotatable bonds is 3. The number of hydrogen-bond acceptors (Lipinski definition) is 5. The van der Waals surface area contributed by atoms with Gasteiger partial charge in [-0.3, -0.25) is 0 Å². The average Bonchev–Trinajstić information content (AvgIpc) is 2.91. The minimum atomic E-state index is 0.135. The van der Waals surface area contributed by atoms with Gasteiger partial charge < -0.3 is 10.4 Å². The quantitative estimate of drug-likeness (QED) is 0.901. The summed E-state index contributed by atoms with van der Waals surface area (Å²) in [4.78, 5) is 0. The molecule has 7 heteroatoms. The van der Waals surface area contributed by atoms with Crippen molar-refractivity contribution in [1.29, 1.82) is 0 Å². The summed E-state index contributed by atoms with van der Waals surface area (Å²) in [5, 5.41) is 25.6. The van der Waals surface area contributed by atoms with Crippen LogP contribution >= 0.6 is 11.6 Å². The summed E-state index contributed by atoms with van der Waals surface area (Å²) in [6, 6.07) is 4.88. The van der Waals surface area contributed by atoms with Gasteiger partial charge in [-0.2, -0.15) is 0 Å². The van der Waals surface area contributed by atoms with Gasteiger partial charge in [0.05, 0.1) is 5.56 Å². The van der Waals surface area contributed by atoms with Gasteiger partial charge in [-0.05, 0) is 60.5 Å². The third kappa shape index (κ3) is 2.76. The highest BCUT2D eigenvalue weighted by atomic mass is 35.5. The lowest BCUT2D eigenvalue weighted by Crippen LogP contribution is -2.30. The Kier molecular flexibility index (Phi) is 3.84. The summed E-state index contributed by atoms with van der Waals surface area (Å²) in [5.74, 6) is 1.25. The highest BCUT2D eigenvalue weighted by Crippen LogP contribution is 2.30. The van der Waals surface area contributed by atoms with Crippen molar-refractivity contribution in [1.82, 2.24) is 25.5 Å². The second-order valence-electron chi connectivity index (χ2n) is 5.04. The molecule has 1 fully saturated rings. The van der Waals surface area contributed by atoms with Crippen molar-refractivity contribution >= 4 is 11.6 Å². The lowest BCUT2D eigenvalue weighted by atomic mass is 9.98. The third-order valence-electron chi connectivity index (χ3n) is 3.62. The van der Waals surface area contributed by atoms with E-state index in [1.807, 2.05) is 0 Å². The molecule has 1 aromatic carbocycles. The van der Waals surface area contributed by atoms with E-state index in [4.69, 9.17) is 11.6 Å². The van der Waals surface area contributed by atoms with Gasteiger partial charge in [-0.15, -0.1) is 5.10 Å². The maximum atomic E-state index is 9.96. The van der Waals surface area contributed by atoms with Gasteiger partial charge in [0.15, 0.2) is 5.82 Å². The maximum Gasteiger partial charge on any atom is 0.185 e. The fraction of sp³-hybridized carbons (Fsp3) is 0.462. The van der Waals surface area contributed by atoms with Gasteiger partial charge in [0.2, 0.25) is 0 Å². The molecule has 106 valence electrons. The predicted octanol–water partition coefficient (Wildman–Crippen LogP) is 1.70. The molecule has 2 N–H and O–H groups in total. The molecule has 0 unspecified atom stereocenters. The van der Waals surface area contributed by atoms with Gasteiger partial charge in [0, 0.05) is 11.6 Å². The second kappa shape index (κ2) is 5.76. The summed E-state index contributed by atoms with van der Waals surface area (Å²) >= 11 is 5.98. The fourth-order valence-electron chi connectivity index (χ4n) is 2.52. The van der Waals surface area contributed by atoms with E-state index in [2.05, 4.69) is 20.8 Å². The molecule has 0 aliphatic carbocycles. The molecular formula is C13H16ClN5O. The number of piperidine rings is 1. The summed E-state index contributed by atoms with van der Waals surface area (Å²) in [7, 11) is 0. The average molecular weight is 294 g/mol. The molecule has 1 aliphatic rings. The van der Waals surface area contributed by atoms with Crippen LogP contribution < -0.4 is 5.32 Å². The monoisotopic (exact) mass is 293 g/mol. The molecule has 2 heterocycles. The summed E-state index contributed by atoms with van der Waals surface area (Å²) in [6.07, 6.45) is 2.22. The molecule has 6 nitrogen and oxygen atoms in total. The zero-order valence-corrected chi connectivity index (χ0v) is 11.7. The summed E-state index contributed by atoms with van der Waals surface area (Å²) in [5.41, 5.74) is 0.566. The predicted molar refractivity (Wildman–Crippen MR) is 75.5 cm³/mol. The van der Waals surface area contributed by atoms with Crippen LogP contribution in [0.3, 0.4) is 0 Å². The van der Waals surface area contributed by atoms with Crippen molar-refractivity contribution in [3.8, 4) is 17.1 Å². The Morgan fingerprint density at radius 2 is 2.15 bits per heavy atom. The zero-order chi connectivity index (χ0) is 13.9. The van der Waals surface area contributed by atoms with Crippen molar-refractivity contribution in [3.05, 3.63) is 23.2 Å². The first kappa shape index (κ1) is 13.3. The number of hydrogen-bond donors (Lipinski definition) is 2. The van der Waals surface area contributed by atoms with Crippen LogP contribution in [0, 0.1) is 5.92 Å². The van der Waals surface area contributed by atoms with Crippen LogP contribution in [0.2, 0.25) is 5.02 Å². The normalized spacial score (nSPS) is 16.4. The number of tetrazole rings is 1. The zero-order valence-electron chi connectivity index (χ0n) is 11.0. The lowest BCUT2D eigenvalue weighted by Gasteiger charge is -2.22. The lowest BCUT2D eigenvalue weighted by molar-refractivity contribution is 0.319. The van der Waals surface area contributed by atoms with Crippen LogP contribution in [0.25, 0.3) is 11.4 Å². The third-order valence-corrected chi connectivity index (χ3v) is 3.86. The van der Waals surface area contributed by atoms with Gasteiger partial charge >= 0.3 is 0 Å². The molecule has 0 radical (unpaired) electrons. The first-order chi connectivity index (χ1) is 9.74. The molecule has 2 aromatic rings. The number of nitrogens with zero attached hydrogens (tertiary/aromatic N) is 4. The number of halogens is 1. The molecule has 3 rings (SSSR count). The summed E-state index contributed by atoms with van der Waals surface area (Å²) in [6.45, 7) is 2.82. The van der Waals surface area contributed by atoms with Gasteiger partial charge in [-0.25, -0.2) is 4.68 Å². The number of nitrogens with one attached hydrogen (secondary N) is 1. The number of aromatic nitrogens is 4. The Balaban J connectivity index is 1.87. The van der Waals surface area contributed by atoms with Crippen LogP contribution in [0.15, 0.2) is 18.2 Å². The minimum absolute atomic E-state index is 0.135. The molecule has 0 bridgehead atoms. The van der Waals surface area contributed by atoms with Crippen LogP contribution in [0.4, 0.5) is 0 Å². The van der Waals surface area contributed by atoms with Gasteiger partial charge in [0.1, 0.15) is 5.75 Å². The van der Waals surface area contributed by atoms with Crippen LogP contribution in [-0.4, -0.2) is 38.4 Å². The van der Waals surface area contributed by atoms with E-state index in [9.17, 15) is 5.11 Å². The molecule has 0 amide bonds. The van der Waals surface area contributed by atoms with Crippen molar-refractivity contribution in [2.45, 2.75) is 19.4 Å². The number of benzene rings is 1. The molecule has 1 aliphatic heterocycles. The Hall–Kier alpha value is -1.66. The number of phenolic OH excluding ortho intramolecular Hbond substituents is 1. The Morgan fingerprint density at radius 1 is 1.35 bits per heavy atom. The second-order valence-corrected chi connectivity index (χ2v) is 5.48. The topological polar surface area (TPSA) is 75.9 Å². The van der Waals surface area contributed by atoms with E-state index in [0.29, 0.717) is 22.3 Å². The van der Waals surface area contributed by atoms with E-state index < -0.39 is 0 Å². The van der Waals surface area contributed by atoms with Gasteiger partial charge in [0.25, 0.3) is 0 Å². The Bertz CT molecular complexity index is 594. The molecular weight excluding hydrogens is 278 g/mol. The Labute approximate surface area is 121 Å². The SMILES string of the molecule is Oc1ccc(Cl)cc1-c1nnnn1CC1CCNCC1. The molecule has 1 aromatic heterocycles. The van der Waals surface area contributed by atoms with E-state index >= 15 is 0 Å². The van der Waals surface area contributed by atoms with E-state index in [1.165, 1.54) is 0 Å². The smallest absolute Gasteiger partial charge is 0.185 e. The standard InChI is InChI=1S/C13H16ClN5O/c14-10-1-2-12(20)11(7-10)13-16-17-18-19(13)8-9-3-5-15-6-4-9/h1-2,7,9,15,20H,3-6,8H2. The van der Waals surface area contributed by atoms with Crippen LogP contribution in [-0.2, 0) is 6.54 Å².